The van der Waals surface area contributed by atoms with Gasteiger partial charge in [-0.3, -0.25) is 4.79 Å². The minimum Gasteiger partial charge on any atom is -0.481 e. The number of carboxylic acids is 1. The van der Waals surface area contributed by atoms with Crippen molar-refractivity contribution in [2.45, 2.75) is 57.5 Å². The molecule has 0 aromatic rings. The monoisotopic (exact) mass is 352 g/mol. The molecule has 0 bridgehead atoms. The summed E-state index contributed by atoms with van der Waals surface area (Å²) in [5, 5.41) is 20.4. The van der Waals surface area contributed by atoms with Gasteiger partial charge in [0.25, 0.3) is 0 Å². The lowest BCUT2D eigenvalue weighted by atomic mass is 9.58. The Bertz CT molecular complexity index is 753. The lowest BCUT2D eigenvalue weighted by Crippen LogP contribution is -2.42. The van der Waals surface area contributed by atoms with E-state index in [0.717, 1.165) is 24.3 Å². The molecule has 3 nitrogen and oxygen atoms in total. The normalized spacial score (nSPS) is 41.3. The van der Waals surface area contributed by atoms with Crippen LogP contribution >= 0.6 is 0 Å². The van der Waals surface area contributed by atoms with E-state index in [1.54, 1.807) is 5.57 Å². The smallest absolute Gasteiger partial charge is 0.309 e. The summed E-state index contributed by atoms with van der Waals surface area (Å²) in [6.07, 6.45) is 17.3. The van der Waals surface area contributed by atoms with Gasteiger partial charge < -0.3 is 10.2 Å². The zero-order valence-corrected chi connectivity index (χ0v) is 15.2. The van der Waals surface area contributed by atoms with E-state index in [-0.39, 0.29) is 0 Å². The fourth-order valence-electron chi connectivity index (χ4n) is 6.50. The van der Waals surface area contributed by atoms with Gasteiger partial charge in [0.05, 0.1) is 12.0 Å². The number of carbonyl (C=O) groups is 1. The highest BCUT2D eigenvalue weighted by Crippen LogP contribution is 2.54. The lowest BCUT2D eigenvalue weighted by Gasteiger charge is -2.47. The molecule has 0 saturated heterocycles. The number of hydrogen-bond acceptors (Lipinski definition) is 2. The minimum absolute atomic E-state index is 0.386. The van der Waals surface area contributed by atoms with Crippen LogP contribution in [0.3, 0.4) is 0 Å². The van der Waals surface area contributed by atoms with E-state index in [9.17, 15) is 15.0 Å². The van der Waals surface area contributed by atoms with E-state index in [2.05, 4.69) is 24.3 Å². The highest BCUT2D eigenvalue weighted by atomic mass is 16.4. The number of aliphatic hydroxyl groups is 1. The van der Waals surface area contributed by atoms with Gasteiger partial charge >= 0.3 is 5.97 Å². The second-order valence-corrected chi connectivity index (χ2v) is 8.86. The van der Waals surface area contributed by atoms with E-state index in [4.69, 9.17) is 0 Å². The van der Waals surface area contributed by atoms with Crippen LogP contribution in [-0.4, -0.2) is 22.3 Å². The topological polar surface area (TPSA) is 57.5 Å². The molecule has 0 aliphatic heterocycles. The molecular weight excluding hydrogens is 324 g/mol. The van der Waals surface area contributed by atoms with E-state index in [0.29, 0.717) is 24.2 Å². The Kier molecular flexibility index (Phi) is 3.97. The molecule has 0 heterocycles. The SMILES string of the molecule is O=C(O)C1CCC2CCC3C(=C2C1O)C=CC1=C2C=CCCC2CCC13. The largest absolute Gasteiger partial charge is 0.481 e. The van der Waals surface area contributed by atoms with Crippen LogP contribution < -0.4 is 0 Å². The second-order valence-electron chi connectivity index (χ2n) is 8.86. The van der Waals surface area contributed by atoms with Crippen molar-refractivity contribution in [3.05, 3.63) is 46.6 Å². The molecule has 0 spiro atoms. The van der Waals surface area contributed by atoms with Crippen LogP contribution in [0.25, 0.3) is 0 Å². The molecule has 1 saturated carbocycles. The second kappa shape index (κ2) is 6.23. The summed E-state index contributed by atoms with van der Waals surface area (Å²) in [6.45, 7) is 0. The van der Waals surface area contributed by atoms with Crippen molar-refractivity contribution >= 4 is 5.97 Å². The molecule has 5 aliphatic carbocycles. The number of fused-ring (bicyclic) bond motifs is 5. The van der Waals surface area contributed by atoms with E-state index in [1.165, 1.54) is 43.3 Å². The van der Waals surface area contributed by atoms with Crippen molar-refractivity contribution in [2.24, 2.45) is 29.6 Å². The molecule has 26 heavy (non-hydrogen) atoms. The summed E-state index contributed by atoms with van der Waals surface area (Å²) in [7, 11) is 0. The zero-order chi connectivity index (χ0) is 17.8. The molecule has 0 aromatic heterocycles. The molecule has 6 atom stereocenters. The third kappa shape index (κ3) is 2.40. The Morgan fingerprint density at radius 2 is 1.50 bits per heavy atom. The number of aliphatic hydroxyl groups excluding tert-OH is 1. The molecule has 5 aliphatic rings. The molecule has 0 radical (unpaired) electrons. The Morgan fingerprint density at radius 1 is 0.808 bits per heavy atom. The van der Waals surface area contributed by atoms with Crippen molar-refractivity contribution < 1.29 is 15.0 Å². The standard InChI is InChI=1S/C23H28O3/c24-22-20(23(25)26)10-7-14-6-9-18-17-8-5-13-3-1-2-4-15(13)16(17)11-12-19(18)21(14)22/h2,4,11-14,17-18,20,22,24H,1,3,5-10H2,(H,25,26). The number of hydrogen-bond donors (Lipinski definition) is 2. The van der Waals surface area contributed by atoms with Gasteiger partial charge in [-0.05, 0) is 97.3 Å². The van der Waals surface area contributed by atoms with Crippen molar-refractivity contribution in [1.29, 1.82) is 0 Å². The van der Waals surface area contributed by atoms with Gasteiger partial charge in [0.15, 0.2) is 0 Å². The summed E-state index contributed by atoms with van der Waals surface area (Å²) >= 11 is 0. The third-order valence-electron chi connectivity index (χ3n) is 7.75. The Morgan fingerprint density at radius 3 is 2.31 bits per heavy atom. The molecule has 138 valence electrons. The van der Waals surface area contributed by atoms with Crippen LogP contribution in [0, 0.1) is 29.6 Å². The van der Waals surface area contributed by atoms with E-state index < -0.39 is 18.0 Å². The lowest BCUT2D eigenvalue weighted by molar-refractivity contribution is -0.146. The molecule has 0 amide bonds. The average molecular weight is 352 g/mol. The highest BCUT2D eigenvalue weighted by Gasteiger charge is 2.45. The molecule has 5 rings (SSSR count). The molecule has 0 aromatic carbocycles. The third-order valence-corrected chi connectivity index (χ3v) is 7.75. The van der Waals surface area contributed by atoms with Crippen molar-refractivity contribution in [3.63, 3.8) is 0 Å². The van der Waals surface area contributed by atoms with Crippen LogP contribution in [0.4, 0.5) is 0 Å². The number of carboxylic acid groups (broad SMARTS) is 1. The van der Waals surface area contributed by atoms with Crippen LogP contribution in [0.1, 0.15) is 51.4 Å². The maximum atomic E-state index is 11.6. The average Bonchev–Trinajstić information content (AvgIpc) is 2.66. The quantitative estimate of drug-likeness (QED) is 0.735. The van der Waals surface area contributed by atoms with Crippen molar-refractivity contribution in [2.75, 3.05) is 0 Å². The predicted octanol–water partition coefficient (Wildman–Crippen LogP) is 4.41. The van der Waals surface area contributed by atoms with Gasteiger partial charge in [-0.25, -0.2) is 0 Å². The minimum atomic E-state index is -0.846. The molecule has 1 fully saturated rings. The molecule has 6 unspecified atom stereocenters. The fourth-order valence-corrected chi connectivity index (χ4v) is 6.50. The van der Waals surface area contributed by atoms with Gasteiger partial charge in [-0.15, -0.1) is 0 Å². The Hall–Kier alpha value is -1.61. The number of rotatable bonds is 1. The van der Waals surface area contributed by atoms with Gasteiger partial charge in [0.1, 0.15) is 0 Å². The summed E-state index contributed by atoms with van der Waals surface area (Å²) in [6, 6.07) is 0. The first-order valence-electron chi connectivity index (χ1n) is 10.4. The summed E-state index contributed by atoms with van der Waals surface area (Å²) < 4.78 is 0. The highest BCUT2D eigenvalue weighted by molar-refractivity contribution is 5.72. The maximum absolute atomic E-state index is 11.6. The van der Waals surface area contributed by atoms with Crippen LogP contribution in [0.2, 0.25) is 0 Å². The number of allylic oxidation sites excluding steroid dienone is 7. The Balaban J connectivity index is 1.59. The number of aliphatic carboxylic acids is 1. The van der Waals surface area contributed by atoms with Crippen LogP contribution in [-0.2, 0) is 4.79 Å². The van der Waals surface area contributed by atoms with Gasteiger partial charge in [0, 0.05) is 0 Å². The fraction of sp³-hybridized carbons (Fsp3) is 0.609. The van der Waals surface area contributed by atoms with Crippen LogP contribution in [0.5, 0.6) is 0 Å². The van der Waals surface area contributed by atoms with E-state index >= 15 is 0 Å². The first-order chi connectivity index (χ1) is 12.6. The van der Waals surface area contributed by atoms with Gasteiger partial charge in [0.2, 0.25) is 0 Å². The summed E-state index contributed by atoms with van der Waals surface area (Å²) in [4.78, 5) is 11.6. The van der Waals surface area contributed by atoms with Crippen LogP contribution in [0.15, 0.2) is 46.6 Å². The van der Waals surface area contributed by atoms with Crippen molar-refractivity contribution in [3.8, 4) is 0 Å². The Labute approximate surface area is 155 Å². The van der Waals surface area contributed by atoms with E-state index in [1.807, 2.05) is 0 Å². The zero-order valence-electron chi connectivity index (χ0n) is 15.2. The molecular formula is C23H28O3. The summed E-state index contributed by atoms with van der Waals surface area (Å²) in [5.74, 6) is 0.691. The molecule has 3 heteroatoms. The predicted molar refractivity (Wildman–Crippen MR) is 100 cm³/mol. The maximum Gasteiger partial charge on any atom is 0.309 e. The van der Waals surface area contributed by atoms with Gasteiger partial charge in [-0.2, -0.15) is 0 Å². The first kappa shape index (κ1) is 16.6. The van der Waals surface area contributed by atoms with Crippen molar-refractivity contribution in [1.82, 2.24) is 0 Å². The molecule has 2 N–H and O–H groups in total. The first-order valence-corrected chi connectivity index (χ1v) is 10.4. The summed E-state index contributed by atoms with van der Waals surface area (Å²) in [5.41, 5.74) is 5.45. The van der Waals surface area contributed by atoms with Gasteiger partial charge in [-0.1, -0.05) is 24.3 Å².